The van der Waals surface area contributed by atoms with Gasteiger partial charge in [-0.3, -0.25) is 14.6 Å². The second kappa shape index (κ2) is 5.82. The summed E-state index contributed by atoms with van der Waals surface area (Å²) in [6.45, 7) is 4.12. The third kappa shape index (κ3) is 2.82. The number of sulfonamides is 1. The van der Waals surface area contributed by atoms with E-state index < -0.39 is 10.0 Å². The Labute approximate surface area is 139 Å². The van der Waals surface area contributed by atoms with Crippen molar-refractivity contribution in [2.45, 2.75) is 18.7 Å². The lowest BCUT2D eigenvalue weighted by molar-refractivity contribution is 0.0796. The van der Waals surface area contributed by atoms with Gasteiger partial charge in [0.2, 0.25) is 0 Å². The highest BCUT2D eigenvalue weighted by atomic mass is 32.2. The third-order valence-corrected chi connectivity index (χ3v) is 5.47. The summed E-state index contributed by atoms with van der Waals surface area (Å²) in [5.74, 6) is 0.238. The number of ether oxygens (including phenoxy) is 1. The molecule has 2 heterocycles. The Morgan fingerprint density at radius 2 is 2.08 bits per heavy atom. The molecule has 1 amide bonds. The summed E-state index contributed by atoms with van der Waals surface area (Å²) in [6.07, 6.45) is 0. The molecule has 1 aromatic carbocycles. The molecule has 0 fully saturated rings. The van der Waals surface area contributed by atoms with Crippen molar-refractivity contribution in [1.82, 2.24) is 15.1 Å². The van der Waals surface area contributed by atoms with Crippen LogP contribution in [0.4, 0.5) is 5.69 Å². The van der Waals surface area contributed by atoms with Gasteiger partial charge in [0.05, 0.1) is 23.5 Å². The largest absolute Gasteiger partial charge is 0.491 e. The number of fused-ring (bicyclic) bond motifs is 1. The standard InChI is InChI=1S/C15H18N4O4S/c1-9-14(10(2)17-16-9)24(21,22)18-11-4-5-13-12(8-11)15(20)19(3)6-7-23-13/h4-5,8,18H,6-7H2,1-3H3,(H,16,17). The van der Waals surface area contributed by atoms with Gasteiger partial charge in [-0.1, -0.05) is 0 Å². The minimum absolute atomic E-state index is 0.108. The van der Waals surface area contributed by atoms with Crippen LogP contribution in [0.5, 0.6) is 5.75 Å². The summed E-state index contributed by atoms with van der Waals surface area (Å²) in [5, 5.41) is 6.55. The Kier molecular flexibility index (Phi) is 3.96. The lowest BCUT2D eigenvalue weighted by Gasteiger charge is -2.13. The first-order chi connectivity index (χ1) is 11.3. The van der Waals surface area contributed by atoms with E-state index in [1.165, 1.54) is 11.0 Å². The van der Waals surface area contributed by atoms with Gasteiger partial charge in [0.15, 0.2) is 0 Å². The number of amides is 1. The Balaban J connectivity index is 1.97. The number of aromatic amines is 1. The fraction of sp³-hybridized carbons (Fsp3) is 0.333. The number of carbonyl (C=O) groups excluding carboxylic acids is 1. The number of H-pyrrole nitrogens is 1. The van der Waals surface area contributed by atoms with Gasteiger partial charge in [-0.05, 0) is 32.0 Å². The average Bonchev–Trinajstić information content (AvgIpc) is 2.79. The van der Waals surface area contributed by atoms with Crippen molar-refractivity contribution in [1.29, 1.82) is 0 Å². The number of rotatable bonds is 3. The van der Waals surface area contributed by atoms with E-state index in [9.17, 15) is 13.2 Å². The van der Waals surface area contributed by atoms with Crippen molar-refractivity contribution in [2.24, 2.45) is 0 Å². The molecule has 8 nitrogen and oxygen atoms in total. The molecule has 0 bridgehead atoms. The number of nitrogens with zero attached hydrogens (tertiary/aromatic N) is 2. The van der Waals surface area contributed by atoms with Gasteiger partial charge >= 0.3 is 0 Å². The monoisotopic (exact) mass is 350 g/mol. The fourth-order valence-corrected chi connectivity index (χ4v) is 4.05. The molecule has 24 heavy (non-hydrogen) atoms. The number of likely N-dealkylation sites (N-methyl/N-ethyl adjacent to an activating group) is 1. The van der Waals surface area contributed by atoms with Crippen LogP contribution in [-0.2, 0) is 10.0 Å². The smallest absolute Gasteiger partial charge is 0.265 e. The third-order valence-electron chi connectivity index (χ3n) is 3.82. The van der Waals surface area contributed by atoms with E-state index >= 15 is 0 Å². The fourth-order valence-electron chi connectivity index (χ4n) is 2.63. The normalized spacial score (nSPS) is 14.8. The first-order valence-electron chi connectivity index (χ1n) is 7.36. The van der Waals surface area contributed by atoms with Gasteiger partial charge in [0, 0.05) is 12.7 Å². The Bertz CT molecular complexity index is 885. The van der Waals surface area contributed by atoms with E-state index in [2.05, 4.69) is 14.9 Å². The van der Waals surface area contributed by atoms with E-state index in [1.54, 1.807) is 33.0 Å². The molecule has 2 aromatic rings. The van der Waals surface area contributed by atoms with Crippen LogP contribution in [0.25, 0.3) is 0 Å². The molecule has 128 valence electrons. The second-order valence-corrected chi connectivity index (χ2v) is 7.27. The minimum Gasteiger partial charge on any atom is -0.491 e. The van der Waals surface area contributed by atoms with Crippen LogP contribution < -0.4 is 9.46 Å². The number of anilines is 1. The maximum Gasteiger partial charge on any atom is 0.265 e. The highest BCUT2D eigenvalue weighted by molar-refractivity contribution is 7.92. The van der Waals surface area contributed by atoms with Gasteiger partial charge in [0.25, 0.3) is 15.9 Å². The highest BCUT2D eigenvalue weighted by Gasteiger charge is 2.25. The van der Waals surface area contributed by atoms with Crippen molar-refractivity contribution in [2.75, 3.05) is 24.9 Å². The maximum atomic E-state index is 12.6. The molecule has 1 aliphatic heterocycles. The van der Waals surface area contributed by atoms with E-state index in [4.69, 9.17) is 4.74 Å². The molecule has 2 N–H and O–H groups in total. The molecular weight excluding hydrogens is 332 g/mol. The topological polar surface area (TPSA) is 104 Å². The molecular formula is C15H18N4O4S. The molecule has 1 aliphatic rings. The molecule has 0 unspecified atom stereocenters. The molecule has 0 spiro atoms. The Hall–Kier alpha value is -2.55. The lowest BCUT2D eigenvalue weighted by atomic mass is 10.1. The van der Waals surface area contributed by atoms with Crippen LogP contribution in [0.15, 0.2) is 23.1 Å². The lowest BCUT2D eigenvalue weighted by Crippen LogP contribution is -2.27. The highest BCUT2D eigenvalue weighted by Crippen LogP contribution is 2.28. The summed E-state index contributed by atoms with van der Waals surface area (Å²) in [5.41, 5.74) is 1.46. The summed E-state index contributed by atoms with van der Waals surface area (Å²) in [6, 6.07) is 4.65. The molecule has 0 saturated carbocycles. The van der Waals surface area contributed by atoms with E-state index in [0.29, 0.717) is 41.5 Å². The van der Waals surface area contributed by atoms with Gasteiger partial charge < -0.3 is 9.64 Å². The first kappa shape index (κ1) is 16.3. The van der Waals surface area contributed by atoms with Crippen LogP contribution in [-0.4, -0.2) is 49.6 Å². The van der Waals surface area contributed by atoms with Crippen LogP contribution in [0, 0.1) is 13.8 Å². The number of carbonyl (C=O) groups is 1. The van der Waals surface area contributed by atoms with Crippen LogP contribution in [0.3, 0.4) is 0 Å². The second-order valence-electron chi connectivity index (χ2n) is 5.65. The Morgan fingerprint density at radius 3 is 2.75 bits per heavy atom. The van der Waals surface area contributed by atoms with Crippen LogP contribution in [0.1, 0.15) is 21.7 Å². The molecule has 3 rings (SSSR count). The van der Waals surface area contributed by atoms with Gasteiger partial charge in [-0.2, -0.15) is 5.10 Å². The van der Waals surface area contributed by atoms with Crippen LogP contribution >= 0.6 is 0 Å². The van der Waals surface area contributed by atoms with Gasteiger partial charge in [0.1, 0.15) is 17.3 Å². The number of aromatic nitrogens is 2. The van der Waals surface area contributed by atoms with E-state index in [1.807, 2.05) is 0 Å². The van der Waals surface area contributed by atoms with Gasteiger partial charge in [-0.25, -0.2) is 8.42 Å². The van der Waals surface area contributed by atoms with Gasteiger partial charge in [-0.15, -0.1) is 0 Å². The van der Waals surface area contributed by atoms with Crippen molar-refractivity contribution >= 4 is 21.6 Å². The number of hydrogen-bond donors (Lipinski definition) is 2. The summed E-state index contributed by atoms with van der Waals surface area (Å²) in [7, 11) is -2.13. The maximum absolute atomic E-state index is 12.6. The number of hydrogen-bond acceptors (Lipinski definition) is 5. The van der Waals surface area contributed by atoms with Crippen molar-refractivity contribution in [3.63, 3.8) is 0 Å². The molecule has 0 radical (unpaired) electrons. The molecule has 1 aromatic heterocycles. The van der Waals surface area contributed by atoms with Crippen molar-refractivity contribution < 1.29 is 17.9 Å². The summed E-state index contributed by atoms with van der Waals surface area (Å²) < 4.78 is 33.2. The first-order valence-corrected chi connectivity index (χ1v) is 8.84. The molecule has 9 heteroatoms. The summed E-state index contributed by atoms with van der Waals surface area (Å²) in [4.78, 5) is 14.0. The predicted molar refractivity (Wildman–Crippen MR) is 87.8 cm³/mol. The molecule has 0 aliphatic carbocycles. The molecule has 0 atom stereocenters. The van der Waals surface area contributed by atoms with E-state index in [0.717, 1.165) is 0 Å². The Morgan fingerprint density at radius 1 is 1.33 bits per heavy atom. The van der Waals surface area contributed by atoms with E-state index in [-0.39, 0.29) is 10.8 Å². The zero-order valence-electron chi connectivity index (χ0n) is 13.6. The number of benzene rings is 1. The predicted octanol–water partition coefficient (Wildman–Crippen LogP) is 1.29. The van der Waals surface area contributed by atoms with Crippen LogP contribution in [0.2, 0.25) is 0 Å². The summed E-state index contributed by atoms with van der Waals surface area (Å²) >= 11 is 0. The zero-order chi connectivity index (χ0) is 17.5. The minimum atomic E-state index is -3.81. The SMILES string of the molecule is Cc1n[nH]c(C)c1S(=O)(=O)Nc1ccc2c(c1)C(=O)N(C)CCO2. The van der Waals surface area contributed by atoms with Crippen molar-refractivity contribution in [3.05, 3.63) is 35.2 Å². The van der Waals surface area contributed by atoms with Crippen molar-refractivity contribution in [3.8, 4) is 5.75 Å². The zero-order valence-corrected chi connectivity index (χ0v) is 14.4. The quantitative estimate of drug-likeness (QED) is 0.868. The molecule has 0 saturated heterocycles. The average molecular weight is 350 g/mol. The number of nitrogens with one attached hydrogen (secondary N) is 2. The number of aryl methyl sites for hydroxylation is 2.